The number of hydrogen-bond donors (Lipinski definition) is 2. The minimum atomic E-state index is -1.80. The molecule has 0 fully saturated rings. The number of methoxy groups -OCH3 is 1. The summed E-state index contributed by atoms with van der Waals surface area (Å²) in [5.74, 6) is -0.897. The quantitative estimate of drug-likeness (QED) is 0.773. The van der Waals surface area contributed by atoms with Crippen LogP contribution in [0.15, 0.2) is 30.3 Å². The average molecular weight is 268 g/mol. The Balaban J connectivity index is 2.61. The van der Waals surface area contributed by atoms with Crippen molar-refractivity contribution in [2.45, 2.75) is 19.0 Å². The number of amides is 1. The van der Waals surface area contributed by atoms with Crippen LogP contribution in [0, 0.1) is 0 Å². The number of rotatable bonds is 5. The summed E-state index contributed by atoms with van der Waals surface area (Å²) in [6.45, 7) is -1.28. The molecular weight excluding hydrogens is 250 g/mol. The molecule has 19 heavy (non-hydrogen) atoms. The molecule has 2 N–H and O–H groups in total. The molecule has 0 aromatic heterocycles. The number of ether oxygens (including phenoxy) is 2. The first-order valence-corrected chi connectivity index (χ1v) is 5.55. The maximum absolute atomic E-state index is 11.6. The number of aliphatic hydroxyl groups excluding tert-OH is 1. The fraction of sp³-hybridized carbons (Fsp3) is 0.385. The third kappa shape index (κ3) is 4.26. The van der Waals surface area contributed by atoms with Gasteiger partial charge in [0.05, 0.1) is 13.7 Å². The van der Waals surface area contributed by atoms with Crippen molar-refractivity contribution in [1.29, 1.82) is 0 Å². The summed E-state index contributed by atoms with van der Waals surface area (Å²) in [4.78, 5) is 23.2. The van der Waals surface area contributed by atoms with Crippen LogP contribution in [-0.2, 0) is 20.9 Å². The van der Waals surface area contributed by atoms with E-state index in [0.29, 0.717) is 0 Å². The van der Waals surface area contributed by atoms with Gasteiger partial charge in [0.1, 0.15) is 6.61 Å². The molecule has 0 bridgehead atoms. The Morgan fingerprint density at radius 2 is 2.11 bits per heavy atom. The predicted octanol–water partition coefficient (Wildman–Crippen LogP) is 0.837. The molecule has 1 aromatic rings. The van der Waals surface area contributed by atoms with Gasteiger partial charge in [-0.05, 0) is 12.5 Å². The highest BCUT2D eigenvalue weighted by Crippen LogP contribution is 2.07. The van der Waals surface area contributed by atoms with Crippen molar-refractivity contribution in [1.82, 2.24) is 5.32 Å². The van der Waals surface area contributed by atoms with E-state index in [1.807, 2.05) is 6.07 Å². The smallest absolute Gasteiger partial charge is 0.408 e. The van der Waals surface area contributed by atoms with Gasteiger partial charge in [0.2, 0.25) is 0 Å². The Hall–Kier alpha value is -2.08. The van der Waals surface area contributed by atoms with Gasteiger partial charge in [0.25, 0.3) is 0 Å². The van der Waals surface area contributed by atoms with Crippen molar-refractivity contribution < 1.29 is 25.5 Å². The summed E-state index contributed by atoms with van der Waals surface area (Å²) >= 11 is 0. The Labute approximate surface area is 112 Å². The van der Waals surface area contributed by atoms with Gasteiger partial charge in [-0.15, -0.1) is 0 Å². The maximum Gasteiger partial charge on any atom is 0.408 e. The first-order chi connectivity index (χ1) is 9.57. The lowest BCUT2D eigenvalue weighted by molar-refractivity contribution is -0.149. The van der Waals surface area contributed by atoms with Crippen molar-refractivity contribution in [2.75, 3.05) is 13.7 Å². The first kappa shape index (κ1) is 13.4. The standard InChI is InChI=1S/C13H17NO5/c1-13(9-15,11(16)18-2)14-12(17)19-8-10-6-4-3-5-7-10/h3-7,15H,8-9H2,1-2H3,(H,14,17)/t13-/m0/s1/i1D. The number of hydrogen-bond acceptors (Lipinski definition) is 5. The second kappa shape index (κ2) is 6.75. The van der Waals surface area contributed by atoms with Crippen LogP contribution >= 0.6 is 0 Å². The van der Waals surface area contributed by atoms with Gasteiger partial charge in [-0.1, -0.05) is 30.3 Å². The topological polar surface area (TPSA) is 84.9 Å². The number of aliphatic hydroxyl groups is 1. The molecule has 104 valence electrons. The van der Waals surface area contributed by atoms with E-state index in [1.165, 1.54) is 0 Å². The van der Waals surface area contributed by atoms with Crippen molar-refractivity contribution in [2.24, 2.45) is 0 Å². The normalized spacial score (nSPS) is 13.9. The van der Waals surface area contributed by atoms with Gasteiger partial charge in [0.15, 0.2) is 5.54 Å². The Morgan fingerprint density at radius 1 is 1.42 bits per heavy atom. The van der Waals surface area contributed by atoms with Gasteiger partial charge >= 0.3 is 12.1 Å². The van der Waals surface area contributed by atoms with E-state index in [0.717, 1.165) is 12.7 Å². The molecule has 0 aliphatic rings. The van der Waals surface area contributed by atoms with Crippen LogP contribution in [0.25, 0.3) is 0 Å². The summed E-state index contributed by atoms with van der Waals surface area (Å²) in [7, 11) is 1.11. The zero-order chi connectivity index (χ0) is 15.0. The highest BCUT2D eigenvalue weighted by Gasteiger charge is 2.36. The van der Waals surface area contributed by atoms with Crippen LogP contribution < -0.4 is 5.32 Å². The zero-order valence-electron chi connectivity index (χ0n) is 11.6. The van der Waals surface area contributed by atoms with Crippen LogP contribution in [0.4, 0.5) is 4.79 Å². The Morgan fingerprint density at radius 3 is 2.63 bits per heavy atom. The van der Waals surface area contributed by atoms with E-state index in [9.17, 15) is 14.7 Å². The maximum atomic E-state index is 11.6. The molecule has 0 heterocycles. The van der Waals surface area contributed by atoms with Crippen LogP contribution in [0.3, 0.4) is 0 Å². The second-order valence-electron chi connectivity index (χ2n) is 3.92. The fourth-order valence-corrected chi connectivity index (χ4v) is 1.31. The monoisotopic (exact) mass is 268 g/mol. The third-order valence-electron chi connectivity index (χ3n) is 2.40. The molecule has 0 saturated carbocycles. The summed E-state index contributed by atoms with van der Waals surface area (Å²) in [6.07, 6.45) is -0.902. The summed E-state index contributed by atoms with van der Waals surface area (Å²) < 4.78 is 16.7. The molecule has 0 saturated heterocycles. The van der Waals surface area contributed by atoms with Crippen LogP contribution in [0.1, 0.15) is 13.8 Å². The molecule has 6 nitrogen and oxygen atoms in total. The molecule has 0 unspecified atom stereocenters. The lowest BCUT2D eigenvalue weighted by atomic mass is 10.1. The van der Waals surface area contributed by atoms with E-state index < -0.39 is 31.1 Å². The number of carbonyl (C=O) groups is 2. The highest BCUT2D eigenvalue weighted by atomic mass is 16.6. The number of benzene rings is 1. The van der Waals surface area contributed by atoms with Crippen molar-refractivity contribution in [3.05, 3.63) is 35.9 Å². The second-order valence-corrected chi connectivity index (χ2v) is 3.92. The highest BCUT2D eigenvalue weighted by molar-refractivity contribution is 5.85. The van der Waals surface area contributed by atoms with E-state index in [4.69, 9.17) is 6.11 Å². The Kier molecular flexibility index (Phi) is 4.74. The molecule has 6 heteroatoms. The molecule has 0 radical (unpaired) electrons. The number of nitrogens with one attached hydrogen (secondary N) is 1. The number of alkyl carbamates (subject to hydrolysis) is 1. The average Bonchev–Trinajstić information content (AvgIpc) is 2.51. The molecule has 0 aliphatic carbocycles. The minimum absolute atomic E-state index is 0.0212. The van der Waals surface area contributed by atoms with Gasteiger partial charge in [-0.25, -0.2) is 9.59 Å². The first-order valence-electron chi connectivity index (χ1n) is 6.26. The lowest BCUT2D eigenvalue weighted by Crippen LogP contribution is -2.55. The summed E-state index contributed by atoms with van der Waals surface area (Å²) in [5, 5.41) is 11.4. The molecule has 1 atom stereocenters. The van der Waals surface area contributed by atoms with Crippen molar-refractivity contribution in [3.63, 3.8) is 0 Å². The van der Waals surface area contributed by atoms with Gasteiger partial charge in [-0.2, -0.15) is 0 Å². The zero-order valence-corrected chi connectivity index (χ0v) is 10.6. The Bertz CT molecular complexity index is 447. The molecule has 1 rings (SSSR count). The van der Waals surface area contributed by atoms with E-state index >= 15 is 0 Å². The molecule has 1 aromatic carbocycles. The lowest BCUT2D eigenvalue weighted by Gasteiger charge is -2.24. The van der Waals surface area contributed by atoms with Gasteiger partial charge in [-0.3, -0.25) is 0 Å². The number of esters is 1. The summed E-state index contributed by atoms with van der Waals surface area (Å²) in [5.41, 5.74) is -1.02. The fourth-order valence-electron chi connectivity index (χ4n) is 1.31. The van der Waals surface area contributed by atoms with Gasteiger partial charge < -0.3 is 19.9 Å². The van der Waals surface area contributed by atoms with E-state index in [1.54, 1.807) is 24.3 Å². The summed E-state index contributed by atoms with van der Waals surface area (Å²) in [6, 6.07) is 8.98. The molecule has 0 aliphatic heterocycles. The van der Waals surface area contributed by atoms with E-state index in [2.05, 4.69) is 10.1 Å². The minimum Gasteiger partial charge on any atom is -0.467 e. The predicted molar refractivity (Wildman–Crippen MR) is 67.3 cm³/mol. The van der Waals surface area contributed by atoms with Crippen molar-refractivity contribution in [3.8, 4) is 0 Å². The number of carbonyl (C=O) groups excluding carboxylic acids is 2. The van der Waals surface area contributed by atoms with Gasteiger partial charge in [0, 0.05) is 1.37 Å². The molecular formula is C13H17NO5. The third-order valence-corrected chi connectivity index (χ3v) is 2.40. The van der Waals surface area contributed by atoms with E-state index in [-0.39, 0.29) is 6.61 Å². The van der Waals surface area contributed by atoms with Crippen LogP contribution in [0.2, 0.25) is 0 Å². The SMILES string of the molecule is [2H]C[C@@](CO)(NC(=O)OCc1ccccc1)C(=O)OC. The molecule has 0 spiro atoms. The van der Waals surface area contributed by atoms with Crippen LogP contribution in [0.5, 0.6) is 0 Å². The largest absolute Gasteiger partial charge is 0.467 e. The molecule has 1 amide bonds. The van der Waals surface area contributed by atoms with Crippen molar-refractivity contribution >= 4 is 12.1 Å². The van der Waals surface area contributed by atoms with Crippen LogP contribution in [-0.4, -0.2) is 36.4 Å².